The van der Waals surface area contributed by atoms with Crippen molar-refractivity contribution in [3.05, 3.63) is 77.0 Å². The second-order valence-corrected chi connectivity index (χ2v) is 8.05. The van der Waals surface area contributed by atoms with Crippen molar-refractivity contribution in [3.63, 3.8) is 0 Å². The minimum Gasteiger partial charge on any atom is -0.321 e. The second kappa shape index (κ2) is 7.08. The number of hydrogen-bond donors (Lipinski definition) is 1. The lowest BCUT2D eigenvalue weighted by molar-refractivity contribution is 0.102. The van der Waals surface area contributed by atoms with Gasteiger partial charge in [0.15, 0.2) is 0 Å². The summed E-state index contributed by atoms with van der Waals surface area (Å²) in [4.78, 5) is 12.4. The van der Waals surface area contributed by atoms with Gasteiger partial charge in [0, 0.05) is 18.0 Å². The van der Waals surface area contributed by atoms with Gasteiger partial charge in [-0.25, -0.2) is 8.42 Å². The third kappa shape index (κ3) is 3.72. The van der Waals surface area contributed by atoms with Crippen LogP contribution in [0.3, 0.4) is 0 Å². The number of benzene rings is 2. The molecule has 0 saturated carbocycles. The van der Waals surface area contributed by atoms with Gasteiger partial charge in [-0.2, -0.15) is 11.3 Å². The zero-order valence-electron chi connectivity index (χ0n) is 13.4. The van der Waals surface area contributed by atoms with Gasteiger partial charge in [-0.05, 0) is 41.8 Å². The highest BCUT2D eigenvalue weighted by atomic mass is 32.2. The average molecular weight is 372 g/mol. The van der Waals surface area contributed by atoms with Crippen molar-refractivity contribution in [2.45, 2.75) is 4.90 Å². The number of carbonyl (C=O) groups is 1. The summed E-state index contributed by atoms with van der Waals surface area (Å²) in [6.45, 7) is 0. The van der Waals surface area contributed by atoms with Crippen LogP contribution in [0.25, 0.3) is 0 Å². The maximum absolute atomic E-state index is 12.8. The normalized spacial score (nSPS) is 11.1. The Morgan fingerprint density at radius 3 is 2.48 bits per heavy atom. The lowest BCUT2D eigenvalue weighted by atomic mass is 10.2. The van der Waals surface area contributed by atoms with E-state index in [1.165, 1.54) is 34.8 Å². The van der Waals surface area contributed by atoms with Gasteiger partial charge in [-0.3, -0.25) is 9.10 Å². The highest BCUT2D eigenvalue weighted by molar-refractivity contribution is 7.92. The fourth-order valence-electron chi connectivity index (χ4n) is 2.27. The van der Waals surface area contributed by atoms with Crippen LogP contribution in [0.15, 0.2) is 76.3 Å². The van der Waals surface area contributed by atoms with Crippen molar-refractivity contribution < 1.29 is 13.2 Å². The monoisotopic (exact) mass is 372 g/mol. The minimum atomic E-state index is -3.75. The second-order valence-electron chi connectivity index (χ2n) is 5.30. The SMILES string of the molecule is CN(c1ccccc1)S(=O)(=O)c1cccc(C(=O)Nc2ccsc2)c1. The highest BCUT2D eigenvalue weighted by Gasteiger charge is 2.22. The summed E-state index contributed by atoms with van der Waals surface area (Å²) in [5.41, 5.74) is 1.52. The Kier molecular flexibility index (Phi) is 4.87. The number of nitrogens with one attached hydrogen (secondary N) is 1. The Morgan fingerprint density at radius 1 is 1.04 bits per heavy atom. The van der Waals surface area contributed by atoms with Crippen molar-refractivity contribution in [2.24, 2.45) is 0 Å². The number of carbonyl (C=O) groups excluding carboxylic acids is 1. The Labute approximate surface area is 150 Å². The molecule has 0 radical (unpaired) electrons. The van der Waals surface area contributed by atoms with Gasteiger partial charge in [0.2, 0.25) is 0 Å². The zero-order valence-corrected chi connectivity index (χ0v) is 15.0. The van der Waals surface area contributed by atoms with E-state index >= 15 is 0 Å². The number of sulfonamides is 1. The molecule has 1 heterocycles. The number of hydrogen-bond acceptors (Lipinski definition) is 4. The number of para-hydroxylation sites is 1. The number of rotatable bonds is 5. The van der Waals surface area contributed by atoms with Gasteiger partial charge in [-0.15, -0.1) is 0 Å². The Hall–Kier alpha value is -2.64. The van der Waals surface area contributed by atoms with Crippen LogP contribution in [0.2, 0.25) is 0 Å². The molecule has 2 aromatic carbocycles. The molecule has 0 aliphatic heterocycles. The van der Waals surface area contributed by atoms with Gasteiger partial charge in [0.1, 0.15) is 0 Å². The number of nitrogens with zero attached hydrogens (tertiary/aromatic N) is 1. The number of anilines is 2. The van der Waals surface area contributed by atoms with E-state index in [4.69, 9.17) is 0 Å². The summed E-state index contributed by atoms with van der Waals surface area (Å²) in [5.74, 6) is -0.349. The molecule has 0 saturated heterocycles. The van der Waals surface area contributed by atoms with Crippen molar-refractivity contribution in [1.82, 2.24) is 0 Å². The molecule has 1 aromatic heterocycles. The van der Waals surface area contributed by atoms with E-state index in [1.807, 2.05) is 16.8 Å². The van der Waals surface area contributed by atoms with E-state index in [0.29, 0.717) is 11.4 Å². The standard InChI is InChI=1S/C18H16N2O3S2/c1-20(16-7-3-2-4-8-16)25(22,23)17-9-5-6-14(12-17)18(21)19-15-10-11-24-13-15/h2-13H,1H3,(H,19,21). The molecule has 0 fully saturated rings. The van der Waals surface area contributed by atoms with Crippen LogP contribution in [-0.2, 0) is 10.0 Å². The molecule has 1 N–H and O–H groups in total. The summed E-state index contributed by atoms with van der Waals surface area (Å²) in [6, 6.07) is 16.6. The number of thiophene rings is 1. The van der Waals surface area contributed by atoms with Crippen LogP contribution in [0.1, 0.15) is 10.4 Å². The first-order valence-electron chi connectivity index (χ1n) is 7.46. The van der Waals surface area contributed by atoms with Gasteiger partial charge in [-0.1, -0.05) is 24.3 Å². The molecule has 3 aromatic rings. The number of amides is 1. The first kappa shape index (κ1) is 17.2. The molecular weight excluding hydrogens is 356 g/mol. The maximum atomic E-state index is 12.8. The molecule has 1 amide bonds. The average Bonchev–Trinajstić information content (AvgIpc) is 3.15. The van der Waals surface area contributed by atoms with Gasteiger partial charge >= 0.3 is 0 Å². The summed E-state index contributed by atoms with van der Waals surface area (Å²) in [6.07, 6.45) is 0. The minimum absolute atomic E-state index is 0.0665. The molecule has 3 rings (SSSR count). The van der Waals surface area contributed by atoms with Crippen LogP contribution < -0.4 is 9.62 Å². The molecule has 25 heavy (non-hydrogen) atoms. The molecule has 0 bridgehead atoms. The Balaban J connectivity index is 1.89. The highest BCUT2D eigenvalue weighted by Crippen LogP contribution is 2.22. The molecule has 7 heteroatoms. The van der Waals surface area contributed by atoms with E-state index in [1.54, 1.807) is 42.5 Å². The van der Waals surface area contributed by atoms with Crippen LogP contribution in [-0.4, -0.2) is 21.4 Å². The van der Waals surface area contributed by atoms with Crippen molar-refractivity contribution in [3.8, 4) is 0 Å². The largest absolute Gasteiger partial charge is 0.321 e. The predicted molar refractivity (Wildman–Crippen MR) is 101 cm³/mol. The molecule has 0 aliphatic rings. The van der Waals surface area contributed by atoms with E-state index < -0.39 is 10.0 Å². The smallest absolute Gasteiger partial charge is 0.264 e. The lowest BCUT2D eigenvalue weighted by Gasteiger charge is -2.19. The predicted octanol–water partition coefficient (Wildman–Crippen LogP) is 3.83. The first-order valence-corrected chi connectivity index (χ1v) is 9.84. The molecule has 0 unspecified atom stereocenters. The molecule has 128 valence electrons. The quantitative estimate of drug-likeness (QED) is 0.740. The van der Waals surface area contributed by atoms with Crippen molar-refractivity contribution in [2.75, 3.05) is 16.7 Å². The summed E-state index contributed by atoms with van der Waals surface area (Å²) in [5, 5.41) is 6.40. The van der Waals surface area contributed by atoms with E-state index in [2.05, 4.69) is 5.32 Å². The summed E-state index contributed by atoms with van der Waals surface area (Å²) < 4.78 is 26.8. The summed E-state index contributed by atoms with van der Waals surface area (Å²) in [7, 11) is -2.27. The van der Waals surface area contributed by atoms with Crippen LogP contribution in [0, 0.1) is 0 Å². The Morgan fingerprint density at radius 2 is 1.80 bits per heavy atom. The lowest BCUT2D eigenvalue weighted by Crippen LogP contribution is -2.26. The molecular formula is C18H16N2O3S2. The first-order chi connectivity index (χ1) is 12.0. The molecule has 0 spiro atoms. The van der Waals surface area contributed by atoms with E-state index in [9.17, 15) is 13.2 Å². The Bertz CT molecular complexity index is 969. The van der Waals surface area contributed by atoms with Crippen LogP contribution in [0.4, 0.5) is 11.4 Å². The molecule has 0 aliphatic carbocycles. The topological polar surface area (TPSA) is 66.5 Å². The molecule has 0 atom stereocenters. The van der Waals surface area contributed by atoms with Crippen LogP contribution >= 0.6 is 11.3 Å². The fourth-order valence-corrected chi connectivity index (χ4v) is 4.10. The van der Waals surface area contributed by atoms with Gasteiger partial charge in [0.05, 0.1) is 16.3 Å². The van der Waals surface area contributed by atoms with Crippen molar-refractivity contribution >= 4 is 38.6 Å². The van der Waals surface area contributed by atoms with E-state index in [0.717, 1.165) is 0 Å². The van der Waals surface area contributed by atoms with Gasteiger partial charge in [0.25, 0.3) is 15.9 Å². The zero-order chi connectivity index (χ0) is 17.9. The summed E-state index contributed by atoms with van der Waals surface area (Å²) >= 11 is 1.47. The third-order valence-electron chi connectivity index (χ3n) is 3.65. The fraction of sp³-hybridized carbons (Fsp3) is 0.0556. The molecule has 5 nitrogen and oxygen atoms in total. The van der Waals surface area contributed by atoms with Gasteiger partial charge < -0.3 is 5.32 Å². The third-order valence-corrected chi connectivity index (χ3v) is 6.12. The van der Waals surface area contributed by atoms with Crippen LogP contribution in [0.5, 0.6) is 0 Å². The van der Waals surface area contributed by atoms with Crippen molar-refractivity contribution in [1.29, 1.82) is 0 Å². The van der Waals surface area contributed by atoms with E-state index in [-0.39, 0.29) is 16.4 Å². The maximum Gasteiger partial charge on any atom is 0.264 e.